The molecule has 1 amide bonds. The van der Waals surface area contributed by atoms with Crippen molar-refractivity contribution in [2.24, 2.45) is 11.7 Å². The van der Waals surface area contributed by atoms with E-state index in [9.17, 15) is 4.79 Å². The number of rotatable bonds is 3. The van der Waals surface area contributed by atoms with E-state index in [1.807, 2.05) is 6.92 Å². The average molecular weight is 171 g/mol. The van der Waals surface area contributed by atoms with Gasteiger partial charge in [-0.2, -0.15) is 0 Å². The molecule has 0 aromatic rings. The maximum atomic E-state index is 11.4. The fraction of sp³-hybridized carbons (Fsp3) is 0.875. The van der Waals surface area contributed by atoms with Gasteiger partial charge in [0.25, 0.3) is 0 Å². The van der Waals surface area contributed by atoms with Crippen LogP contribution in [0.5, 0.6) is 0 Å². The van der Waals surface area contributed by atoms with E-state index in [2.05, 4.69) is 10.6 Å². The first-order valence-electron chi connectivity index (χ1n) is 4.47. The van der Waals surface area contributed by atoms with Crippen molar-refractivity contribution in [3.05, 3.63) is 0 Å². The largest absolute Gasteiger partial charge is 0.355 e. The predicted molar refractivity (Wildman–Crippen MR) is 47.6 cm³/mol. The molecule has 1 saturated heterocycles. The lowest BCUT2D eigenvalue weighted by Gasteiger charge is -2.14. The van der Waals surface area contributed by atoms with Gasteiger partial charge in [-0.25, -0.2) is 0 Å². The fourth-order valence-electron chi connectivity index (χ4n) is 1.54. The molecule has 0 aliphatic carbocycles. The molecule has 4 heteroatoms. The van der Waals surface area contributed by atoms with Crippen molar-refractivity contribution in [2.45, 2.75) is 19.4 Å². The number of carbonyl (C=O) groups excluding carboxylic acids is 1. The van der Waals surface area contributed by atoms with E-state index in [0.717, 1.165) is 13.0 Å². The first-order chi connectivity index (χ1) is 5.75. The van der Waals surface area contributed by atoms with Crippen LogP contribution in [0.25, 0.3) is 0 Å². The van der Waals surface area contributed by atoms with Crippen LogP contribution in [0.3, 0.4) is 0 Å². The Labute approximate surface area is 72.9 Å². The van der Waals surface area contributed by atoms with Gasteiger partial charge in [-0.1, -0.05) is 0 Å². The van der Waals surface area contributed by atoms with Crippen LogP contribution >= 0.6 is 0 Å². The number of amides is 1. The Balaban J connectivity index is 2.30. The number of carbonyl (C=O) groups is 1. The highest BCUT2D eigenvalue weighted by Crippen LogP contribution is 2.14. The van der Waals surface area contributed by atoms with Gasteiger partial charge >= 0.3 is 0 Å². The van der Waals surface area contributed by atoms with Crippen molar-refractivity contribution in [2.75, 3.05) is 19.6 Å². The van der Waals surface area contributed by atoms with Crippen LogP contribution in [0, 0.1) is 5.92 Å². The summed E-state index contributed by atoms with van der Waals surface area (Å²) >= 11 is 0. The van der Waals surface area contributed by atoms with Gasteiger partial charge in [0.2, 0.25) is 5.91 Å². The van der Waals surface area contributed by atoms with Crippen molar-refractivity contribution < 1.29 is 4.79 Å². The van der Waals surface area contributed by atoms with Crippen molar-refractivity contribution in [3.63, 3.8) is 0 Å². The van der Waals surface area contributed by atoms with E-state index in [-0.39, 0.29) is 11.8 Å². The van der Waals surface area contributed by atoms with Crippen LogP contribution in [-0.4, -0.2) is 31.6 Å². The molecular formula is C8H17N3O. The van der Waals surface area contributed by atoms with E-state index >= 15 is 0 Å². The monoisotopic (exact) mass is 171 g/mol. The number of hydrogen-bond donors (Lipinski definition) is 3. The number of nitrogens with one attached hydrogen (secondary N) is 2. The summed E-state index contributed by atoms with van der Waals surface area (Å²) in [6, 6.07) is 0.308. The van der Waals surface area contributed by atoms with E-state index in [1.54, 1.807) is 0 Å². The highest BCUT2D eigenvalue weighted by atomic mass is 16.1. The van der Waals surface area contributed by atoms with Crippen LogP contribution in [-0.2, 0) is 4.79 Å². The van der Waals surface area contributed by atoms with Crippen LogP contribution in [0.1, 0.15) is 13.3 Å². The molecule has 2 unspecified atom stereocenters. The molecule has 0 bridgehead atoms. The highest BCUT2D eigenvalue weighted by molar-refractivity contribution is 5.79. The van der Waals surface area contributed by atoms with Gasteiger partial charge < -0.3 is 16.4 Å². The molecule has 4 N–H and O–H groups in total. The maximum absolute atomic E-state index is 11.4. The molecular weight excluding hydrogens is 154 g/mol. The molecule has 0 aromatic carbocycles. The van der Waals surface area contributed by atoms with E-state index in [1.165, 1.54) is 0 Å². The summed E-state index contributed by atoms with van der Waals surface area (Å²) < 4.78 is 0. The summed E-state index contributed by atoms with van der Waals surface area (Å²) in [6.45, 7) is 4.09. The Kier molecular flexibility index (Phi) is 3.49. The van der Waals surface area contributed by atoms with Crippen molar-refractivity contribution in [1.82, 2.24) is 10.6 Å². The highest BCUT2D eigenvalue weighted by Gasteiger charge is 2.28. The molecule has 2 atom stereocenters. The van der Waals surface area contributed by atoms with Gasteiger partial charge in [-0.05, 0) is 19.9 Å². The average Bonchev–Trinajstić information content (AvgIpc) is 2.47. The van der Waals surface area contributed by atoms with Gasteiger partial charge in [0.15, 0.2) is 0 Å². The Morgan fingerprint density at radius 3 is 3.00 bits per heavy atom. The Morgan fingerprint density at radius 2 is 2.50 bits per heavy atom. The Bertz CT molecular complexity index is 160. The van der Waals surface area contributed by atoms with E-state index in [4.69, 9.17) is 5.73 Å². The maximum Gasteiger partial charge on any atom is 0.224 e. The van der Waals surface area contributed by atoms with Gasteiger partial charge in [-0.15, -0.1) is 0 Å². The zero-order valence-corrected chi connectivity index (χ0v) is 7.47. The second-order valence-corrected chi connectivity index (χ2v) is 3.22. The topological polar surface area (TPSA) is 67.2 Å². The zero-order chi connectivity index (χ0) is 8.97. The van der Waals surface area contributed by atoms with Crippen LogP contribution in [0.15, 0.2) is 0 Å². The first kappa shape index (κ1) is 9.48. The quantitative estimate of drug-likeness (QED) is 0.513. The molecule has 0 spiro atoms. The summed E-state index contributed by atoms with van der Waals surface area (Å²) in [5, 5.41) is 6.04. The first-order valence-corrected chi connectivity index (χ1v) is 4.47. The molecule has 12 heavy (non-hydrogen) atoms. The lowest BCUT2D eigenvalue weighted by molar-refractivity contribution is -0.125. The van der Waals surface area contributed by atoms with Crippen molar-refractivity contribution in [3.8, 4) is 0 Å². The van der Waals surface area contributed by atoms with Gasteiger partial charge in [0, 0.05) is 19.1 Å². The Morgan fingerprint density at radius 1 is 1.75 bits per heavy atom. The molecule has 1 heterocycles. The normalized spacial score (nSPS) is 28.8. The summed E-state index contributed by atoms with van der Waals surface area (Å²) in [5.74, 6) is 0.273. The fourth-order valence-corrected chi connectivity index (χ4v) is 1.54. The molecule has 4 nitrogen and oxygen atoms in total. The zero-order valence-electron chi connectivity index (χ0n) is 7.47. The van der Waals surface area contributed by atoms with E-state index < -0.39 is 0 Å². The van der Waals surface area contributed by atoms with Crippen molar-refractivity contribution >= 4 is 5.91 Å². The van der Waals surface area contributed by atoms with Gasteiger partial charge in [0.1, 0.15) is 0 Å². The minimum absolute atomic E-state index is 0.136. The molecule has 1 aliphatic rings. The smallest absolute Gasteiger partial charge is 0.224 e. The molecule has 70 valence electrons. The lowest BCUT2D eigenvalue weighted by atomic mass is 10.0. The molecule has 0 saturated carbocycles. The standard InChI is InChI=1S/C8H17N3O/c1-6-7(2-4-10-6)8(12)11-5-3-9/h6-7,10H,2-5,9H2,1H3,(H,11,12). The Hall–Kier alpha value is -0.610. The van der Waals surface area contributed by atoms with Crippen LogP contribution in [0.2, 0.25) is 0 Å². The van der Waals surface area contributed by atoms with E-state index in [0.29, 0.717) is 19.1 Å². The summed E-state index contributed by atoms with van der Waals surface area (Å²) in [5.41, 5.74) is 5.28. The molecule has 1 fully saturated rings. The minimum atomic E-state index is 0.136. The predicted octanol–water partition coefficient (Wildman–Crippen LogP) is -0.941. The van der Waals surface area contributed by atoms with Crippen LogP contribution < -0.4 is 16.4 Å². The summed E-state index contributed by atoms with van der Waals surface area (Å²) in [7, 11) is 0. The lowest BCUT2D eigenvalue weighted by Crippen LogP contribution is -2.38. The van der Waals surface area contributed by atoms with Crippen molar-refractivity contribution in [1.29, 1.82) is 0 Å². The minimum Gasteiger partial charge on any atom is -0.355 e. The SMILES string of the molecule is CC1NCCC1C(=O)NCCN. The van der Waals surface area contributed by atoms with Crippen LogP contribution in [0.4, 0.5) is 0 Å². The molecule has 1 rings (SSSR count). The second-order valence-electron chi connectivity index (χ2n) is 3.22. The third-order valence-corrected chi connectivity index (χ3v) is 2.31. The van der Waals surface area contributed by atoms with Gasteiger partial charge in [0.05, 0.1) is 5.92 Å². The molecule has 1 aliphatic heterocycles. The summed E-state index contributed by atoms with van der Waals surface area (Å²) in [6.07, 6.45) is 0.942. The number of nitrogens with two attached hydrogens (primary N) is 1. The summed E-state index contributed by atoms with van der Waals surface area (Å²) in [4.78, 5) is 11.4. The second kappa shape index (κ2) is 4.42. The third kappa shape index (κ3) is 2.19. The number of hydrogen-bond acceptors (Lipinski definition) is 3. The van der Waals surface area contributed by atoms with Gasteiger partial charge in [-0.3, -0.25) is 4.79 Å². The molecule has 0 radical (unpaired) electrons. The third-order valence-electron chi connectivity index (χ3n) is 2.31. The molecule has 0 aromatic heterocycles.